The molecule has 0 N–H and O–H groups in total. The molecular weight excluding hydrogens is 1090 g/mol. The van der Waals surface area contributed by atoms with Crippen LogP contribution >= 0.6 is 0 Å². The molecule has 0 aliphatic rings. The van der Waals surface area contributed by atoms with E-state index >= 15 is 0 Å². The van der Waals surface area contributed by atoms with Crippen LogP contribution in [0.3, 0.4) is 0 Å². The second-order valence-electron chi connectivity index (χ2n) is 19.0. The van der Waals surface area contributed by atoms with Gasteiger partial charge in [0, 0.05) is 32.7 Å². The lowest BCUT2D eigenvalue weighted by molar-refractivity contribution is 0.669. The van der Waals surface area contributed by atoms with Gasteiger partial charge < -0.3 is 8.83 Å². The van der Waals surface area contributed by atoms with E-state index in [9.17, 15) is 24.7 Å². The van der Waals surface area contributed by atoms with E-state index in [-0.39, 0.29) is 0 Å². The van der Waals surface area contributed by atoms with Crippen LogP contribution in [-0.2, 0) is 0 Å². The summed E-state index contributed by atoms with van der Waals surface area (Å²) in [4.78, 5) is 0. The molecule has 2 heterocycles. The lowest BCUT2D eigenvalue weighted by Gasteiger charge is -2.20. The third-order valence-electron chi connectivity index (χ3n) is 14.3. The lowest BCUT2D eigenvalue weighted by atomic mass is 9.83. The number of furan rings is 2. The highest BCUT2D eigenvalue weighted by atomic mass is 16.3. The molecule has 0 atom stereocenters. The van der Waals surface area contributed by atoms with Crippen LogP contribution in [0.15, 0.2) is 347 Å². The van der Waals surface area contributed by atoms with Crippen LogP contribution in [0.5, 0.6) is 0 Å². The zero-order chi connectivity index (χ0) is 108. The van der Waals surface area contributed by atoms with E-state index in [1.54, 1.807) is 0 Å². The van der Waals surface area contributed by atoms with Crippen molar-refractivity contribution in [1.29, 1.82) is 0 Å². The van der Waals surface area contributed by atoms with E-state index in [2.05, 4.69) is 0 Å². The summed E-state index contributed by atoms with van der Waals surface area (Å²) < 4.78 is 512. The second kappa shape index (κ2) is 22.1. The minimum atomic E-state index is -1.08. The van der Waals surface area contributed by atoms with E-state index in [0.29, 0.717) is 0 Å². The fourth-order valence-electron chi connectivity index (χ4n) is 10.7. The van der Waals surface area contributed by atoms with Crippen molar-refractivity contribution in [2.75, 3.05) is 0 Å². The SMILES string of the molecule is [2H]c1c([2H])c([2H])c(-c2c([2H])c([2H])c(-c3c4c([2H])c([2H])c([2H])c([2H])c4c(-c4c([2H])c([2H])c([2H])c5oc6c(-c7c([2H])c([2H])c([2H])c([2H])c7[2H])c([2H])c([2H])c([2H])c6c45)c4c([2H])c([2H])c([2H])c([2H])c34)c([2H])c2[2H])c([2H])c1[2H].[2H]c1c([2H])c([2H])c(-c2c([2H])c([2H])c([2H])c([2H])c2-c2c3c([2H])c([2H])c([2H])c([2H])c3c(-c3c([2H])c([2H])c([2H])c4oc5c(-c6c([2H])c([2H])c([2H])c([2H])c6[2H])c([2H])c([2H])c([2H])c5c34)c3c([2H])c([2H])c([2H])c([2H])c23)c([2H])c1[2H]. The standard InChI is InChI=1S/2C44H28O/c1-3-13-29(14-4-1)30-25-27-32(28-26-30)41-34-17-7-9-19-36(34)42(37-20-10-8-18-35(37)41)38-22-12-24-40-43(38)39-23-11-21-33(44(39)45-40)31-15-5-2-6-16-31;1-3-15-29(16-4-1)31-19-7-8-20-33(31)41-34-21-9-11-23-36(34)42(37-24-12-10-22-35(37)41)38-26-14-28-40-43(38)39-27-13-25-32(44(39)45-40)30-17-5-2-6-18-30/h2*1-28H/i2*1D,2D,3D,4D,5D,6D,7D,8D,9D,10D,11D,12D,13D,14D,15D,16D,17D,18D,19D,20D,21D,22D,23D,24D,25D,26D,27D,28D. The molecule has 18 aromatic rings. The Morgan fingerprint density at radius 2 is 0.422 bits per heavy atom. The van der Waals surface area contributed by atoms with Gasteiger partial charge in [-0.15, -0.1) is 0 Å². The smallest absolute Gasteiger partial charge is 0.143 e. The minimum absolute atomic E-state index is 0.601. The Morgan fingerprint density at radius 3 is 0.822 bits per heavy atom. The maximum atomic E-state index is 9.57. The molecule has 0 fully saturated rings. The third-order valence-corrected chi connectivity index (χ3v) is 14.3. The fraction of sp³-hybridized carbons (Fsp3) is 0. The molecule has 0 aliphatic heterocycles. The summed E-state index contributed by atoms with van der Waals surface area (Å²) in [6.07, 6.45) is 0. The molecule has 0 spiro atoms. The minimum Gasteiger partial charge on any atom is -0.455 e. The van der Waals surface area contributed by atoms with E-state index in [0.717, 1.165) is 0 Å². The molecule has 0 radical (unpaired) electrons. The quantitative estimate of drug-likeness (QED) is 0.142. The van der Waals surface area contributed by atoms with Crippen molar-refractivity contribution in [2.45, 2.75) is 0 Å². The van der Waals surface area contributed by atoms with Gasteiger partial charge in [0.25, 0.3) is 0 Å². The van der Waals surface area contributed by atoms with Gasteiger partial charge in [0.1, 0.15) is 22.3 Å². The number of hydrogen-bond donors (Lipinski definition) is 0. The molecule has 18 rings (SSSR count). The summed E-state index contributed by atoms with van der Waals surface area (Å²) in [5.41, 5.74) is -15.1. The average molecular weight is 1200 g/mol. The van der Waals surface area contributed by atoms with E-state index in [4.69, 9.17) is 60.9 Å². The molecular formula is C88H56O2. The summed E-state index contributed by atoms with van der Waals surface area (Å²) in [5.74, 6) is 0. The highest BCUT2D eigenvalue weighted by Crippen LogP contribution is 2.51. The summed E-state index contributed by atoms with van der Waals surface area (Å²) in [6, 6.07) is -54.4. The third kappa shape index (κ3) is 8.80. The van der Waals surface area contributed by atoms with Crippen molar-refractivity contribution < 1.29 is 85.6 Å². The van der Waals surface area contributed by atoms with Crippen LogP contribution in [0.1, 0.15) is 76.8 Å². The van der Waals surface area contributed by atoms with Crippen molar-refractivity contribution in [2.24, 2.45) is 0 Å². The first-order chi connectivity index (χ1) is 68.0. The van der Waals surface area contributed by atoms with Crippen LogP contribution < -0.4 is 0 Å². The molecule has 0 unspecified atom stereocenters. The first kappa shape index (κ1) is 20.6. The average Bonchev–Trinajstić information content (AvgIpc) is 1.20. The van der Waals surface area contributed by atoms with E-state index < -0.39 is 514 Å². The maximum absolute atomic E-state index is 9.57. The topological polar surface area (TPSA) is 26.3 Å². The molecule has 2 aromatic heterocycles. The largest absolute Gasteiger partial charge is 0.455 e. The highest BCUT2D eigenvalue weighted by Gasteiger charge is 2.24. The van der Waals surface area contributed by atoms with Gasteiger partial charge in [-0.25, -0.2) is 0 Å². The van der Waals surface area contributed by atoms with Crippen LogP contribution in [0.2, 0.25) is 0 Å². The maximum Gasteiger partial charge on any atom is 0.143 e. The molecule has 16 aromatic carbocycles. The molecule has 0 aliphatic carbocycles. The predicted molar refractivity (Wildman–Crippen MR) is 381 cm³/mol. The van der Waals surface area contributed by atoms with Gasteiger partial charge in [0.15, 0.2) is 0 Å². The molecule has 420 valence electrons. The van der Waals surface area contributed by atoms with E-state index in [1.165, 1.54) is 0 Å². The van der Waals surface area contributed by atoms with Crippen molar-refractivity contribution in [3.05, 3.63) is 338 Å². The monoisotopic (exact) mass is 1200 g/mol. The molecule has 2 nitrogen and oxygen atoms in total. The summed E-state index contributed by atoms with van der Waals surface area (Å²) >= 11 is 0. The Balaban J connectivity index is 0.000000200. The molecule has 0 saturated carbocycles. The Bertz CT molecular complexity index is 8990. The highest BCUT2D eigenvalue weighted by molar-refractivity contribution is 6.28. The summed E-state index contributed by atoms with van der Waals surface area (Å²) in [7, 11) is 0. The predicted octanol–water partition coefficient (Wildman–Crippen LogP) is 25.1. The Kier molecular flexibility index (Phi) is 5.08. The zero-order valence-electron chi connectivity index (χ0n) is 101. The van der Waals surface area contributed by atoms with Gasteiger partial charge in [0.05, 0.1) is 76.8 Å². The number of para-hydroxylation sites is 2. The van der Waals surface area contributed by atoms with Gasteiger partial charge in [0.2, 0.25) is 0 Å². The van der Waals surface area contributed by atoms with Crippen molar-refractivity contribution in [3.63, 3.8) is 0 Å². The molecule has 2 heteroatoms. The first-order valence-electron chi connectivity index (χ1n) is 54.3. The van der Waals surface area contributed by atoms with Crippen molar-refractivity contribution in [3.8, 4) is 89.0 Å². The number of hydrogen-bond acceptors (Lipinski definition) is 2. The van der Waals surface area contributed by atoms with Gasteiger partial charge in [-0.1, -0.05) is 326 Å². The van der Waals surface area contributed by atoms with Crippen LogP contribution in [0.25, 0.3) is 176 Å². The molecule has 0 amide bonds. The van der Waals surface area contributed by atoms with E-state index in [1.807, 2.05) is 0 Å². The van der Waals surface area contributed by atoms with Gasteiger partial charge >= 0.3 is 0 Å². The Morgan fingerprint density at radius 1 is 0.167 bits per heavy atom. The van der Waals surface area contributed by atoms with Gasteiger partial charge in [-0.3, -0.25) is 0 Å². The number of benzene rings is 16. The summed E-state index contributed by atoms with van der Waals surface area (Å²) in [6.45, 7) is 0. The van der Waals surface area contributed by atoms with Crippen LogP contribution in [0.4, 0.5) is 0 Å². The summed E-state index contributed by atoms with van der Waals surface area (Å²) in [5, 5.41) is -8.69. The first-order valence-corrected chi connectivity index (χ1v) is 26.3. The van der Waals surface area contributed by atoms with Crippen molar-refractivity contribution in [1.82, 2.24) is 0 Å². The fourth-order valence-corrected chi connectivity index (χ4v) is 10.7. The Hall–Kier alpha value is -11.8. The van der Waals surface area contributed by atoms with Crippen LogP contribution in [-0.4, -0.2) is 0 Å². The zero-order valence-corrected chi connectivity index (χ0v) is 44.8. The Labute approximate surface area is 600 Å². The number of rotatable bonds is 8. The normalized spacial score (nSPS) is 20.3. The number of fused-ring (bicyclic) bond motifs is 10. The second-order valence-corrected chi connectivity index (χ2v) is 19.0. The molecule has 90 heavy (non-hydrogen) atoms. The molecule has 0 saturated heterocycles. The van der Waals surface area contributed by atoms with Gasteiger partial charge in [-0.2, -0.15) is 0 Å². The van der Waals surface area contributed by atoms with Crippen LogP contribution in [0, 0.1) is 0 Å². The lowest BCUT2D eigenvalue weighted by Crippen LogP contribution is -1.93. The van der Waals surface area contributed by atoms with Gasteiger partial charge in [-0.05, 0) is 133 Å². The molecule has 0 bridgehead atoms. The van der Waals surface area contributed by atoms with Crippen molar-refractivity contribution >= 4 is 87.0 Å².